The maximum absolute atomic E-state index is 11.2. The Morgan fingerprint density at radius 2 is 1.97 bits per heavy atom. The molecule has 0 aliphatic carbocycles. The number of phenols is 1. The van der Waals surface area contributed by atoms with Gasteiger partial charge in [-0.3, -0.25) is 4.90 Å². The summed E-state index contributed by atoms with van der Waals surface area (Å²) < 4.78 is 2.13. The number of aromatic hydroxyl groups is 1. The molecule has 0 atom stereocenters. The molecule has 0 fully saturated rings. The predicted octanol–water partition coefficient (Wildman–Crippen LogP) is 5.70. The molecule has 0 unspecified atom stereocenters. The third-order valence-corrected chi connectivity index (χ3v) is 5.77. The number of thiocarbonyl (C=S) groups is 1. The zero-order valence-electron chi connectivity index (χ0n) is 17.9. The molecule has 0 bridgehead atoms. The maximum atomic E-state index is 11.2. The van der Waals surface area contributed by atoms with Crippen LogP contribution in [-0.4, -0.2) is 21.8 Å². The van der Waals surface area contributed by atoms with Gasteiger partial charge in [0.15, 0.2) is 5.11 Å². The summed E-state index contributed by atoms with van der Waals surface area (Å²) in [5, 5.41) is 18.2. The van der Waals surface area contributed by atoms with Crippen molar-refractivity contribution in [2.75, 3.05) is 11.9 Å². The molecule has 1 heterocycles. The summed E-state index contributed by atoms with van der Waals surface area (Å²) in [6, 6.07) is 11.3. The van der Waals surface area contributed by atoms with E-state index in [0.717, 1.165) is 27.8 Å². The van der Waals surface area contributed by atoms with Crippen molar-refractivity contribution in [2.45, 2.75) is 26.7 Å². The van der Waals surface area contributed by atoms with Crippen molar-refractivity contribution in [3.63, 3.8) is 0 Å². The molecule has 0 spiro atoms. The summed E-state index contributed by atoms with van der Waals surface area (Å²) in [7, 11) is 3.77. The highest BCUT2D eigenvalue weighted by atomic mass is 32.1. The van der Waals surface area contributed by atoms with Crippen LogP contribution < -0.4 is 10.2 Å². The molecule has 0 amide bonds. The number of nitrogens with one attached hydrogen (secondary N) is 1. The number of nitroso groups, excluding NO2 is 1. The van der Waals surface area contributed by atoms with Crippen LogP contribution in [0.2, 0.25) is 0 Å². The second kappa shape index (κ2) is 8.28. The fourth-order valence-corrected chi connectivity index (χ4v) is 3.82. The van der Waals surface area contributed by atoms with Gasteiger partial charge in [-0.1, -0.05) is 20.4 Å². The normalized spacial score (nSPS) is 11.0. The van der Waals surface area contributed by atoms with E-state index in [1.165, 1.54) is 6.07 Å². The Balaban J connectivity index is 2.15. The molecule has 7 heteroatoms. The van der Waals surface area contributed by atoms with Gasteiger partial charge in [-0.25, -0.2) is 0 Å². The van der Waals surface area contributed by atoms with Crippen LogP contribution in [0.1, 0.15) is 36.6 Å². The Morgan fingerprint density at radius 3 is 2.57 bits per heavy atom. The first kappa shape index (κ1) is 21.5. The van der Waals surface area contributed by atoms with Crippen LogP contribution in [0.3, 0.4) is 0 Å². The highest BCUT2D eigenvalue weighted by molar-refractivity contribution is 7.80. The van der Waals surface area contributed by atoms with Crippen molar-refractivity contribution in [3.8, 4) is 5.75 Å². The molecular formula is C23H26N4O2S. The SMILES string of the molecule is C=C(c1cc(C(C)C)c(N=O)cc1O)N(C(=S)NC)c1ccc2c(c1)cc(C)n2C. The number of rotatable bonds is 5. The van der Waals surface area contributed by atoms with E-state index in [1.54, 1.807) is 18.0 Å². The predicted molar refractivity (Wildman–Crippen MR) is 128 cm³/mol. The van der Waals surface area contributed by atoms with Crippen LogP contribution in [-0.2, 0) is 7.05 Å². The van der Waals surface area contributed by atoms with E-state index in [1.807, 2.05) is 39.1 Å². The Hall–Kier alpha value is -3.19. The van der Waals surface area contributed by atoms with E-state index < -0.39 is 0 Å². The largest absolute Gasteiger partial charge is 0.507 e. The molecule has 3 aromatic rings. The van der Waals surface area contributed by atoms with Gasteiger partial charge in [-0.2, -0.15) is 0 Å². The molecule has 156 valence electrons. The van der Waals surface area contributed by atoms with Crippen LogP contribution >= 0.6 is 12.2 Å². The Morgan fingerprint density at radius 1 is 1.27 bits per heavy atom. The van der Waals surface area contributed by atoms with Crippen molar-refractivity contribution < 1.29 is 5.11 Å². The molecule has 2 N–H and O–H groups in total. The summed E-state index contributed by atoms with van der Waals surface area (Å²) in [6.45, 7) is 10.2. The first-order valence-electron chi connectivity index (χ1n) is 9.67. The minimum absolute atomic E-state index is 0.0539. The van der Waals surface area contributed by atoms with E-state index in [-0.39, 0.29) is 17.4 Å². The number of hydrogen-bond donors (Lipinski definition) is 2. The summed E-state index contributed by atoms with van der Waals surface area (Å²) in [6.07, 6.45) is 0. The third-order valence-electron chi connectivity index (χ3n) is 5.39. The van der Waals surface area contributed by atoms with Crippen molar-refractivity contribution in [2.24, 2.45) is 12.2 Å². The number of aryl methyl sites for hydroxylation is 2. The number of aromatic nitrogens is 1. The number of benzene rings is 2. The summed E-state index contributed by atoms with van der Waals surface area (Å²) in [5.41, 5.74) is 5.04. The first-order valence-corrected chi connectivity index (χ1v) is 10.1. The summed E-state index contributed by atoms with van der Waals surface area (Å²) >= 11 is 5.56. The van der Waals surface area contributed by atoms with Gasteiger partial charge in [0.25, 0.3) is 0 Å². The topological polar surface area (TPSA) is 69.9 Å². The molecule has 2 aromatic carbocycles. The van der Waals surface area contributed by atoms with Gasteiger partial charge in [0.1, 0.15) is 11.4 Å². The zero-order valence-corrected chi connectivity index (χ0v) is 18.7. The van der Waals surface area contributed by atoms with E-state index in [2.05, 4.69) is 34.6 Å². The Labute approximate surface area is 181 Å². The molecule has 30 heavy (non-hydrogen) atoms. The second-order valence-electron chi connectivity index (χ2n) is 7.60. The summed E-state index contributed by atoms with van der Waals surface area (Å²) in [5.74, 6) is -0.0160. The molecule has 0 aliphatic rings. The molecule has 1 aromatic heterocycles. The Kier molecular flexibility index (Phi) is 5.94. The average molecular weight is 423 g/mol. The molecule has 0 aliphatic heterocycles. The lowest BCUT2D eigenvalue weighted by molar-refractivity contribution is 0.473. The van der Waals surface area contributed by atoms with Gasteiger partial charge in [-0.05, 0) is 66.1 Å². The third kappa shape index (κ3) is 3.68. The van der Waals surface area contributed by atoms with Gasteiger partial charge in [-0.15, -0.1) is 4.91 Å². The van der Waals surface area contributed by atoms with Gasteiger partial charge in [0.05, 0.1) is 5.70 Å². The van der Waals surface area contributed by atoms with Gasteiger partial charge < -0.3 is 15.0 Å². The lowest BCUT2D eigenvalue weighted by Crippen LogP contribution is -2.36. The monoisotopic (exact) mass is 422 g/mol. The van der Waals surface area contributed by atoms with Crippen LogP contribution in [0.4, 0.5) is 11.4 Å². The van der Waals surface area contributed by atoms with Crippen LogP contribution in [0.5, 0.6) is 5.75 Å². The number of nitrogens with zero attached hydrogens (tertiary/aromatic N) is 3. The van der Waals surface area contributed by atoms with E-state index in [9.17, 15) is 10.0 Å². The fourth-order valence-electron chi connectivity index (χ4n) is 3.61. The zero-order chi connectivity index (χ0) is 22.2. The minimum atomic E-state index is -0.0699. The Bertz CT molecular complexity index is 1160. The smallest absolute Gasteiger partial charge is 0.177 e. The van der Waals surface area contributed by atoms with Crippen molar-refractivity contribution in [1.29, 1.82) is 0 Å². The van der Waals surface area contributed by atoms with E-state index >= 15 is 0 Å². The number of anilines is 1. The average Bonchev–Trinajstić information content (AvgIpc) is 3.00. The maximum Gasteiger partial charge on any atom is 0.177 e. The molecule has 0 radical (unpaired) electrons. The number of hydrogen-bond acceptors (Lipinski definition) is 4. The standard InChI is InChI=1S/C23H26N4O2S/c1-13(2)18-11-19(22(28)12-20(18)25-29)15(4)27(23(30)24-5)17-7-8-21-16(10-17)9-14(3)26(21)6/h7-13,28H,4H2,1-3,5-6H3,(H,24,30). The second-order valence-corrected chi connectivity index (χ2v) is 7.99. The van der Waals surface area contributed by atoms with Crippen molar-refractivity contribution >= 4 is 45.3 Å². The van der Waals surface area contributed by atoms with Crippen molar-refractivity contribution in [1.82, 2.24) is 9.88 Å². The molecular weight excluding hydrogens is 396 g/mol. The highest BCUT2D eigenvalue weighted by Gasteiger charge is 2.22. The van der Waals surface area contributed by atoms with Gasteiger partial charge >= 0.3 is 0 Å². The van der Waals surface area contributed by atoms with Gasteiger partial charge in [0, 0.05) is 48.0 Å². The minimum Gasteiger partial charge on any atom is -0.507 e. The van der Waals surface area contributed by atoms with Crippen molar-refractivity contribution in [3.05, 3.63) is 64.7 Å². The fraction of sp³-hybridized carbons (Fsp3) is 0.261. The number of phenolic OH excluding ortho intramolecular Hbond substituents is 1. The van der Waals surface area contributed by atoms with E-state index in [0.29, 0.717) is 16.4 Å². The van der Waals surface area contributed by atoms with Crippen LogP contribution in [0.25, 0.3) is 16.6 Å². The lowest BCUT2D eigenvalue weighted by atomic mass is 9.96. The van der Waals surface area contributed by atoms with Crippen LogP contribution in [0, 0.1) is 11.8 Å². The number of fused-ring (bicyclic) bond motifs is 1. The lowest BCUT2D eigenvalue weighted by Gasteiger charge is -2.28. The molecule has 6 nitrogen and oxygen atoms in total. The van der Waals surface area contributed by atoms with E-state index in [4.69, 9.17) is 12.2 Å². The van der Waals surface area contributed by atoms with Gasteiger partial charge in [0.2, 0.25) is 0 Å². The molecule has 0 saturated carbocycles. The molecule has 3 rings (SSSR count). The first-order chi connectivity index (χ1) is 14.2. The van der Waals surface area contributed by atoms with Crippen LogP contribution in [0.15, 0.2) is 48.2 Å². The highest BCUT2D eigenvalue weighted by Crippen LogP contribution is 2.38. The quantitative estimate of drug-likeness (QED) is 0.408. The summed E-state index contributed by atoms with van der Waals surface area (Å²) in [4.78, 5) is 13.0. The molecule has 0 saturated heterocycles.